The lowest BCUT2D eigenvalue weighted by Gasteiger charge is -2.24. The first-order valence-corrected chi connectivity index (χ1v) is 10.6. The van der Waals surface area contributed by atoms with Gasteiger partial charge in [-0.15, -0.1) is 0 Å². The molecule has 3 heteroatoms. The van der Waals surface area contributed by atoms with Crippen molar-refractivity contribution in [3.8, 4) is 5.75 Å². The standard InChI is InChI=1S/C27H25NO2/c29-25-13-7-12-22-16-19(14-15-24(22)25)17-23-18-30-27(28-23)26(20-8-3-1-4-9-20)21-10-5-2-6-11-21/h1-13,18-19,26,29H,14-17H2. The monoisotopic (exact) mass is 395 g/mol. The van der Waals surface area contributed by atoms with Gasteiger partial charge in [0.05, 0.1) is 11.6 Å². The number of aromatic nitrogens is 1. The van der Waals surface area contributed by atoms with Crippen LogP contribution < -0.4 is 0 Å². The third-order valence-electron chi connectivity index (χ3n) is 6.14. The van der Waals surface area contributed by atoms with Gasteiger partial charge in [0.1, 0.15) is 12.0 Å². The zero-order valence-corrected chi connectivity index (χ0v) is 16.9. The molecule has 3 nitrogen and oxygen atoms in total. The maximum absolute atomic E-state index is 10.1. The van der Waals surface area contributed by atoms with Crippen LogP contribution >= 0.6 is 0 Å². The number of phenols is 1. The third-order valence-corrected chi connectivity index (χ3v) is 6.14. The van der Waals surface area contributed by atoms with E-state index < -0.39 is 0 Å². The average molecular weight is 396 g/mol. The van der Waals surface area contributed by atoms with E-state index in [-0.39, 0.29) is 5.92 Å². The number of nitrogens with zero attached hydrogens (tertiary/aromatic N) is 1. The summed E-state index contributed by atoms with van der Waals surface area (Å²) in [6, 6.07) is 26.7. The lowest BCUT2D eigenvalue weighted by molar-refractivity contribution is 0.424. The molecular formula is C27H25NO2. The number of hydrogen-bond acceptors (Lipinski definition) is 3. The predicted molar refractivity (Wildman–Crippen MR) is 118 cm³/mol. The highest BCUT2D eigenvalue weighted by atomic mass is 16.3. The molecule has 0 fully saturated rings. The Kier molecular flexibility index (Phi) is 5.10. The zero-order valence-electron chi connectivity index (χ0n) is 16.9. The minimum atomic E-state index is -0.00909. The molecule has 0 amide bonds. The molecule has 150 valence electrons. The van der Waals surface area contributed by atoms with Crippen LogP contribution in [-0.2, 0) is 19.3 Å². The molecule has 1 aromatic heterocycles. The lowest BCUT2D eigenvalue weighted by atomic mass is 9.81. The van der Waals surface area contributed by atoms with E-state index in [1.54, 1.807) is 6.07 Å². The number of rotatable bonds is 5. The molecule has 3 aromatic carbocycles. The van der Waals surface area contributed by atoms with Gasteiger partial charge in [0.2, 0.25) is 5.89 Å². The van der Waals surface area contributed by atoms with Gasteiger partial charge in [0, 0.05) is 0 Å². The fraction of sp³-hybridized carbons (Fsp3) is 0.222. The highest BCUT2D eigenvalue weighted by Gasteiger charge is 2.25. The van der Waals surface area contributed by atoms with Crippen LogP contribution in [0.25, 0.3) is 0 Å². The highest BCUT2D eigenvalue weighted by Crippen LogP contribution is 2.34. The Labute approximate surface area is 177 Å². The molecule has 30 heavy (non-hydrogen) atoms. The summed E-state index contributed by atoms with van der Waals surface area (Å²) >= 11 is 0. The summed E-state index contributed by atoms with van der Waals surface area (Å²) in [4.78, 5) is 4.91. The molecule has 5 rings (SSSR count). The van der Waals surface area contributed by atoms with Crippen LogP contribution in [0.5, 0.6) is 5.75 Å². The highest BCUT2D eigenvalue weighted by molar-refractivity contribution is 5.41. The van der Waals surface area contributed by atoms with Crippen molar-refractivity contribution >= 4 is 0 Å². The van der Waals surface area contributed by atoms with Gasteiger partial charge in [-0.2, -0.15) is 0 Å². The Morgan fingerprint density at radius 2 is 1.60 bits per heavy atom. The topological polar surface area (TPSA) is 46.3 Å². The van der Waals surface area contributed by atoms with Crippen molar-refractivity contribution in [3.63, 3.8) is 0 Å². The lowest BCUT2D eigenvalue weighted by Crippen LogP contribution is -2.16. The van der Waals surface area contributed by atoms with Crippen molar-refractivity contribution in [1.82, 2.24) is 4.98 Å². The summed E-state index contributed by atoms with van der Waals surface area (Å²) < 4.78 is 6.01. The number of fused-ring (bicyclic) bond motifs is 1. The largest absolute Gasteiger partial charge is 0.508 e. The van der Waals surface area contributed by atoms with Gasteiger partial charge in [-0.25, -0.2) is 4.98 Å². The summed E-state index contributed by atoms with van der Waals surface area (Å²) in [7, 11) is 0. The van der Waals surface area contributed by atoms with E-state index in [1.807, 2.05) is 24.5 Å². The van der Waals surface area contributed by atoms with Crippen molar-refractivity contribution in [2.45, 2.75) is 31.6 Å². The van der Waals surface area contributed by atoms with Crippen LogP contribution in [-0.4, -0.2) is 10.1 Å². The van der Waals surface area contributed by atoms with Crippen LogP contribution in [0.2, 0.25) is 0 Å². The van der Waals surface area contributed by atoms with Gasteiger partial charge in [0.15, 0.2) is 0 Å². The molecule has 1 N–H and O–H groups in total. The summed E-state index contributed by atoms with van der Waals surface area (Å²) in [5.41, 5.74) is 5.75. The maximum atomic E-state index is 10.1. The second kappa shape index (κ2) is 8.19. The van der Waals surface area contributed by atoms with E-state index in [0.717, 1.165) is 42.8 Å². The summed E-state index contributed by atoms with van der Waals surface area (Å²) in [5, 5.41) is 10.1. The summed E-state index contributed by atoms with van der Waals surface area (Å²) in [5.74, 6) is 1.69. The normalized spacial score (nSPS) is 15.8. The van der Waals surface area contributed by atoms with E-state index in [9.17, 15) is 5.11 Å². The summed E-state index contributed by atoms with van der Waals surface area (Å²) in [6.45, 7) is 0. The fourth-order valence-electron chi connectivity index (χ4n) is 4.65. The van der Waals surface area contributed by atoms with E-state index >= 15 is 0 Å². The van der Waals surface area contributed by atoms with Crippen LogP contribution in [0.1, 0.15) is 46.2 Å². The molecule has 1 aliphatic carbocycles. The van der Waals surface area contributed by atoms with Crippen molar-refractivity contribution < 1.29 is 9.52 Å². The fourth-order valence-corrected chi connectivity index (χ4v) is 4.65. The Morgan fingerprint density at radius 1 is 0.900 bits per heavy atom. The van der Waals surface area contributed by atoms with Crippen molar-refractivity contribution in [2.24, 2.45) is 5.92 Å². The van der Waals surface area contributed by atoms with E-state index in [1.165, 1.54) is 16.7 Å². The number of aromatic hydroxyl groups is 1. The predicted octanol–water partition coefficient (Wildman–Crippen LogP) is 5.91. The first kappa shape index (κ1) is 18.7. The molecule has 1 aliphatic rings. The molecule has 1 atom stereocenters. The van der Waals surface area contributed by atoms with Gasteiger partial charge < -0.3 is 9.52 Å². The van der Waals surface area contributed by atoms with Crippen LogP contribution in [0.4, 0.5) is 0 Å². The second-order valence-corrected chi connectivity index (χ2v) is 8.16. The van der Waals surface area contributed by atoms with Crippen molar-refractivity contribution in [1.29, 1.82) is 0 Å². The Balaban J connectivity index is 1.39. The molecule has 0 saturated heterocycles. The van der Waals surface area contributed by atoms with E-state index in [0.29, 0.717) is 11.7 Å². The molecular weight excluding hydrogens is 370 g/mol. The molecule has 0 aliphatic heterocycles. The van der Waals surface area contributed by atoms with Crippen molar-refractivity contribution in [2.75, 3.05) is 0 Å². The van der Waals surface area contributed by atoms with Crippen LogP contribution in [0, 0.1) is 5.92 Å². The molecule has 4 aromatic rings. The SMILES string of the molecule is Oc1cccc2c1CCC(Cc1coc(C(c3ccccc3)c3ccccc3)n1)C2. The number of phenolic OH excluding ortho intramolecular Hbond substituents is 1. The molecule has 0 spiro atoms. The first-order chi connectivity index (χ1) is 14.8. The minimum absolute atomic E-state index is 0.00909. The molecule has 1 heterocycles. The van der Waals surface area contributed by atoms with Gasteiger partial charge >= 0.3 is 0 Å². The molecule has 0 saturated carbocycles. The maximum Gasteiger partial charge on any atom is 0.206 e. The smallest absolute Gasteiger partial charge is 0.206 e. The van der Waals surface area contributed by atoms with Gasteiger partial charge in [-0.05, 0) is 59.9 Å². The van der Waals surface area contributed by atoms with Gasteiger partial charge in [-0.3, -0.25) is 0 Å². The van der Waals surface area contributed by atoms with Crippen LogP contribution in [0.15, 0.2) is 89.5 Å². The van der Waals surface area contributed by atoms with Gasteiger partial charge in [0.25, 0.3) is 0 Å². The number of hydrogen-bond donors (Lipinski definition) is 1. The first-order valence-electron chi connectivity index (χ1n) is 10.6. The number of benzene rings is 3. The van der Waals surface area contributed by atoms with E-state index in [2.05, 4.69) is 54.6 Å². The van der Waals surface area contributed by atoms with Crippen molar-refractivity contribution in [3.05, 3.63) is 119 Å². The van der Waals surface area contributed by atoms with E-state index in [4.69, 9.17) is 9.40 Å². The average Bonchev–Trinajstić information content (AvgIpc) is 3.23. The Morgan fingerprint density at radius 3 is 2.30 bits per heavy atom. The molecule has 0 bridgehead atoms. The quantitative estimate of drug-likeness (QED) is 0.457. The second-order valence-electron chi connectivity index (χ2n) is 8.16. The molecule has 0 radical (unpaired) electrons. The van der Waals surface area contributed by atoms with Crippen LogP contribution in [0.3, 0.4) is 0 Å². The molecule has 1 unspecified atom stereocenters. The van der Waals surface area contributed by atoms with Gasteiger partial charge in [-0.1, -0.05) is 72.8 Å². The Bertz CT molecular complexity index is 1080. The zero-order chi connectivity index (χ0) is 20.3. The number of oxazole rings is 1. The third kappa shape index (κ3) is 3.76. The minimum Gasteiger partial charge on any atom is -0.508 e. The summed E-state index contributed by atoms with van der Waals surface area (Å²) in [6.07, 6.45) is 5.69. The Hall–Kier alpha value is -3.33.